The van der Waals surface area contributed by atoms with Crippen LogP contribution in [0.3, 0.4) is 0 Å². The molecule has 2 atom stereocenters. The molecule has 0 aromatic rings. The normalized spacial score (nSPS) is 13.7. The smallest absolute Gasteiger partial charge is 0.475 e. The minimum Gasteiger partial charge on any atom is -0.475 e. The SMILES string of the molecule is NC(=O)C(N)CC[C@H](N)C(N)=O.O=C(O)C(F)(F)F. The zero-order valence-electron chi connectivity index (χ0n) is 9.68. The summed E-state index contributed by atoms with van der Waals surface area (Å²) in [4.78, 5) is 29.7. The fourth-order valence-corrected chi connectivity index (χ4v) is 0.644. The Morgan fingerprint density at radius 3 is 1.26 bits per heavy atom. The van der Waals surface area contributed by atoms with Crippen LogP contribution in [-0.4, -0.2) is 41.2 Å². The van der Waals surface area contributed by atoms with E-state index in [2.05, 4.69) is 0 Å². The average molecular weight is 288 g/mol. The van der Waals surface area contributed by atoms with Crippen LogP contribution in [-0.2, 0) is 14.4 Å². The van der Waals surface area contributed by atoms with E-state index in [1.807, 2.05) is 0 Å². The predicted octanol–water partition coefficient (Wildman–Crippen LogP) is -1.97. The number of carbonyl (C=O) groups excluding carboxylic acids is 2. The molecule has 0 fully saturated rings. The Morgan fingerprint density at radius 2 is 1.16 bits per heavy atom. The first-order valence-electron chi connectivity index (χ1n) is 4.79. The van der Waals surface area contributed by atoms with E-state index < -0.39 is 36.0 Å². The van der Waals surface area contributed by atoms with Crippen LogP contribution < -0.4 is 22.9 Å². The fourth-order valence-electron chi connectivity index (χ4n) is 0.644. The molecule has 0 aliphatic carbocycles. The minimum atomic E-state index is -5.08. The summed E-state index contributed by atoms with van der Waals surface area (Å²) in [5, 5.41) is 7.12. The van der Waals surface area contributed by atoms with Gasteiger partial charge in [-0.25, -0.2) is 4.79 Å². The van der Waals surface area contributed by atoms with E-state index in [1.165, 1.54) is 0 Å². The molecule has 0 saturated carbocycles. The van der Waals surface area contributed by atoms with Gasteiger partial charge in [0.05, 0.1) is 12.1 Å². The maximum Gasteiger partial charge on any atom is 0.490 e. The van der Waals surface area contributed by atoms with Crippen LogP contribution in [0, 0.1) is 0 Å². The first kappa shape index (κ1) is 19.5. The number of primary amides is 2. The lowest BCUT2D eigenvalue weighted by Gasteiger charge is -2.09. The van der Waals surface area contributed by atoms with Crippen molar-refractivity contribution >= 4 is 17.8 Å². The van der Waals surface area contributed by atoms with Gasteiger partial charge in [0.1, 0.15) is 0 Å². The molecule has 0 aromatic heterocycles. The van der Waals surface area contributed by atoms with Crippen LogP contribution in [0.2, 0.25) is 0 Å². The van der Waals surface area contributed by atoms with Crippen molar-refractivity contribution in [1.82, 2.24) is 0 Å². The number of carboxylic acid groups (broad SMARTS) is 1. The predicted molar refractivity (Wildman–Crippen MR) is 57.3 cm³/mol. The molecule has 9 N–H and O–H groups in total. The summed E-state index contributed by atoms with van der Waals surface area (Å²) in [6, 6.07) is -1.51. The zero-order valence-corrected chi connectivity index (χ0v) is 9.68. The third-order valence-electron chi connectivity index (χ3n) is 1.76. The van der Waals surface area contributed by atoms with E-state index in [0.717, 1.165) is 0 Å². The molecule has 112 valence electrons. The summed E-state index contributed by atoms with van der Waals surface area (Å²) in [5.41, 5.74) is 20.3. The highest BCUT2D eigenvalue weighted by molar-refractivity contribution is 5.81. The number of halogens is 3. The largest absolute Gasteiger partial charge is 0.490 e. The van der Waals surface area contributed by atoms with Crippen LogP contribution in [0.25, 0.3) is 0 Å². The van der Waals surface area contributed by atoms with Crippen molar-refractivity contribution in [3.8, 4) is 0 Å². The summed E-state index contributed by atoms with van der Waals surface area (Å²) < 4.78 is 31.7. The number of carbonyl (C=O) groups is 3. The minimum absolute atomic E-state index is 0.277. The van der Waals surface area contributed by atoms with Crippen molar-refractivity contribution in [2.75, 3.05) is 0 Å². The molecule has 0 bridgehead atoms. The number of nitrogens with two attached hydrogens (primary N) is 4. The van der Waals surface area contributed by atoms with Gasteiger partial charge in [-0.1, -0.05) is 0 Å². The topological polar surface area (TPSA) is 176 Å². The quantitative estimate of drug-likeness (QED) is 0.391. The number of alkyl halides is 3. The monoisotopic (exact) mass is 288 g/mol. The van der Waals surface area contributed by atoms with Crippen LogP contribution in [0.5, 0.6) is 0 Å². The molecule has 2 amide bonds. The second-order valence-corrected chi connectivity index (χ2v) is 3.40. The molecule has 0 saturated heterocycles. The highest BCUT2D eigenvalue weighted by Gasteiger charge is 2.38. The highest BCUT2D eigenvalue weighted by Crippen LogP contribution is 2.13. The molecule has 0 heterocycles. The Morgan fingerprint density at radius 1 is 0.947 bits per heavy atom. The van der Waals surface area contributed by atoms with E-state index in [1.54, 1.807) is 0 Å². The number of hydrogen-bond donors (Lipinski definition) is 5. The van der Waals surface area contributed by atoms with Crippen LogP contribution in [0.1, 0.15) is 12.8 Å². The van der Waals surface area contributed by atoms with Gasteiger partial charge in [-0.2, -0.15) is 13.2 Å². The van der Waals surface area contributed by atoms with Crippen LogP contribution in [0.15, 0.2) is 0 Å². The van der Waals surface area contributed by atoms with Gasteiger partial charge in [0.2, 0.25) is 11.8 Å². The Bertz CT molecular complexity index is 314. The number of rotatable bonds is 5. The number of hydrogen-bond acceptors (Lipinski definition) is 5. The fraction of sp³-hybridized carbons (Fsp3) is 0.625. The molecular weight excluding hydrogens is 273 g/mol. The molecule has 0 aliphatic rings. The maximum absolute atomic E-state index is 10.6. The maximum atomic E-state index is 10.6. The summed E-state index contributed by atoms with van der Waals surface area (Å²) in [6.45, 7) is 0. The van der Waals surface area contributed by atoms with Crippen molar-refractivity contribution in [2.24, 2.45) is 22.9 Å². The number of aliphatic carboxylic acids is 1. The summed E-state index contributed by atoms with van der Waals surface area (Å²) in [5.74, 6) is -3.97. The summed E-state index contributed by atoms with van der Waals surface area (Å²) in [6.07, 6.45) is -4.53. The highest BCUT2D eigenvalue weighted by atomic mass is 19.4. The van der Waals surface area contributed by atoms with E-state index in [-0.39, 0.29) is 12.8 Å². The molecule has 0 radical (unpaired) electrons. The van der Waals surface area contributed by atoms with Gasteiger partial charge >= 0.3 is 12.1 Å². The lowest BCUT2D eigenvalue weighted by atomic mass is 10.1. The van der Waals surface area contributed by atoms with Crippen molar-refractivity contribution in [2.45, 2.75) is 31.1 Å². The van der Waals surface area contributed by atoms with E-state index in [4.69, 9.17) is 32.8 Å². The van der Waals surface area contributed by atoms with Crippen LogP contribution >= 0.6 is 0 Å². The first-order chi connectivity index (χ1) is 8.39. The second kappa shape index (κ2) is 8.26. The average Bonchev–Trinajstić information content (AvgIpc) is 2.24. The van der Waals surface area contributed by atoms with Gasteiger partial charge in [-0.05, 0) is 12.8 Å². The van der Waals surface area contributed by atoms with Crippen molar-refractivity contribution < 1.29 is 32.7 Å². The van der Waals surface area contributed by atoms with E-state index in [9.17, 15) is 22.8 Å². The van der Waals surface area contributed by atoms with Crippen molar-refractivity contribution in [3.63, 3.8) is 0 Å². The van der Waals surface area contributed by atoms with E-state index >= 15 is 0 Å². The van der Waals surface area contributed by atoms with Gasteiger partial charge in [-0.3, -0.25) is 9.59 Å². The summed E-state index contributed by atoms with van der Waals surface area (Å²) >= 11 is 0. The lowest BCUT2D eigenvalue weighted by molar-refractivity contribution is -0.192. The molecule has 0 aliphatic heterocycles. The lowest BCUT2D eigenvalue weighted by Crippen LogP contribution is -2.41. The van der Waals surface area contributed by atoms with Crippen molar-refractivity contribution in [3.05, 3.63) is 0 Å². The van der Waals surface area contributed by atoms with Gasteiger partial charge in [-0.15, -0.1) is 0 Å². The van der Waals surface area contributed by atoms with Crippen molar-refractivity contribution in [1.29, 1.82) is 0 Å². The molecule has 19 heavy (non-hydrogen) atoms. The van der Waals surface area contributed by atoms with E-state index in [0.29, 0.717) is 0 Å². The Kier molecular flexibility index (Phi) is 8.46. The first-order valence-corrected chi connectivity index (χ1v) is 4.79. The molecule has 0 spiro atoms. The molecular formula is C8H15F3N4O4. The summed E-state index contributed by atoms with van der Waals surface area (Å²) in [7, 11) is 0. The van der Waals surface area contributed by atoms with Gasteiger partial charge < -0.3 is 28.0 Å². The molecule has 8 nitrogen and oxygen atoms in total. The second-order valence-electron chi connectivity index (χ2n) is 3.40. The van der Waals surface area contributed by atoms with Gasteiger partial charge in [0.15, 0.2) is 0 Å². The molecule has 0 aromatic carbocycles. The Balaban J connectivity index is 0. The standard InChI is InChI=1S/C6H14N4O2.C2HF3O2/c7-3(5(9)11)1-2-4(8)6(10)12;3-2(4,5)1(6)7/h3-4H,1-2,7-8H2,(H2,9,11)(H2,10,12);(H,6,7)/t3-,4?;/m0./s1. The Hall–Kier alpha value is -1.88. The van der Waals surface area contributed by atoms with Gasteiger partial charge in [0.25, 0.3) is 0 Å². The molecule has 0 rings (SSSR count). The zero-order chi connectivity index (χ0) is 15.8. The third kappa shape index (κ3) is 11.0. The number of amides is 2. The van der Waals surface area contributed by atoms with Crippen LogP contribution in [0.4, 0.5) is 13.2 Å². The van der Waals surface area contributed by atoms with Gasteiger partial charge in [0, 0.05) is 0 Å². The number of carboxylic acids is 1. The Labute approximate surface area is 105 Å². The third-order valence-corrected chi connectivity index (χ3v) is 1.76. The molecule has 1 unspecified atom stereocenters. The molecule has 11 heteroatoms.